The first-order valence-electron chi connectivity index (χ1n) is 10.6. The molecule has 0 spiro atoms. The summed E-state index contributed by atoms with van der Waals surface area (Å²) in [6.45, 7) is 5.66. The van der Waals surface area contributed by atoms with Gasteiger partial charge in [-0.3, -0.25) is 4.79 Å². The summed E-state index contributed by atoms with van der Waals surface area (Å²) in [5.41, 5.74) is 0.751. The van der Waals surface area contributed by atoms with Crippen LogP contribution in [-0.4, -0.2) is 70.9 Å². The molecule has 1 aliphatic rings. The molecule has 176 valence electrons. The minimum Gasteiger partial charge on any atom is -0.482 e. The summed E-state index contributed by atoms with van der Waals surface area (Å²) in [6.07, 6.45) is 1.79. The Kier molecular flexibility index (Phi) is 8.13. The zero-order valence-corrected chi connectivity index (χ0v) is 20.4. The Balaban J connectivity index is 1.39. The van der Waals surface area contributed by atoms with Crippen molar-refractivity contribution in [3.8, 4) is 5.75 Å². The van der Waals surface area contributed by atoms with Gasteiger partial charge in [-0.2, -0.15) is 5.10 Å². The molecule has 0 aliphatic carbocycles. The van der Waals surface area contributed by atoms with E-state index in [0.717, 1.165) is 35.7 Å². The number of halogens is 2. The summed E-state index contributed by atoms with van der Waals surface area (Å²) in [7, 11) is 0. The topological polar surface area (TPSA) is 94.4 Å². The van der Waals surface area contributed by atoms with Crippen molar-refractivity contribution in [3.05, 3.63) is 34.4 Å². The Morgan fingerprint density at radius 3 is 2.85 bits per heavy atom. The molecule has 4 rings (SSSR count). The van der Waals surface area contributed by atoms with Gasteiger partial charge in [0.1, 0.15) is 11.6 Å². The molecule has 3 aromatic rings. The summed E-state index contributed by atoms with van der Waals surface area (Å²) >= 11 is 13.5. The van der Waals surface area contributed by atoms with Crippen LogP contribution in [-0.2, 0) is 16.1 Å². The number of hydrogen-bond donors (Lipinski definition) is 1. The van der Waals surface area contributed by atoms with Crippen LogP contribution >= 0.6 is 35.0 Å². The van der Waals surface area contributed by atoms with E-state index in [1.165, 1.54) is 0 Å². The number of rotatable bonds is 9. The minimum atomic E-state index is -0.261. The van der Waals surface area contributed by atoms with E-state index in [1.807, 2.05) is 0 Å². The summed E-state index contributed by atoms with van der Waals surface area (Å²) < 4.78 is 12.7. The summed E-state index contributed by atoms with van der Waals surface area (Å²) in [5, 5.41) is 9.80. The highest BCUT2D eigenvalue weighted by molar-refractivity contribution is 7.99. The average Bonchev–Trinajstić information content (AvgIpc) is 3.22. The van der Waals surface area contributed by atoms with E-state index >= 15 is 0 Å². The first-order chi connectivity index (χ1) is 16.0. The smallest absolute Gasteiger partial charge is 0.258 e. The Labute approximate surface area is 205 Å². The molecule has 1 fully saturated rings. The van der Waals surface area contributed by atoms with E-state index in [9.17, 15) is 4.79 Å². The van der Waals surface area contributed by atoms with Crippen LogP contribution in [0, 0.1) is 0 Å². The number of hydrogen-bond acceptors (Lipinski definition) is 8. The van der Waals surface area contributed by atoms with Gasteiger partial charge in [0.05, 0.1) is 36.4 Å². The van der Waals surface area contributed by atoms with E-state index in [4.69, 9.17) is 42.6 Å². The number of carbonyl (C=O) groups excluding carboxylic acids is 1. The number of fused-ring (bicyclic) bond motifs is 1. The maximum absolute atomic E-state index is 12.2. The molecular weight excluding hydrogens is 487 g/mol. The quantitative estimate of drug-likeness (QED) is 0.346. The van der Waals surface area contributed by atoms with Crippen molar-refractivity contribution in [2.24, 2.45) is 0 Å². The zero-order valence-electron chi connectivity index (χ0n) is 18.1. The number of nitrogens with zero attached hydrogens (tertiary/aromatic N) is 5. The number of aromatic nitrogens is 4. The van der Waals surface area contributed by atoms with Gasteiger partial charge in [-0.05, 0) is 24.0 Å². The molecule has 1 saturated heterocycles. The third kappa shape index (κ3) is 6.00. The molecule has 1 amide bonds. The van der Waals surface area contributed by atoms with Gasteiger partial charge in [-0.1, -0.05) is 41.9 Å². The number of nitrogens with one attached hydrogen (secondary N) is 1. The number of carbonyl (C=O) groups is 1. The molecule has 0 saturated carbocycles. The van der Waals surface area contributed by atoms with Crippen molar-refractivity contribution < 1.29 is 14.3 Å². The van der Waals surface area contributed by atoms with Crippen LogP contribution in [0.1, 0.15) is 6.92 Å². The highest BCUT2D eigenvalue weighted by Gasteiger charge is 2.20. The maximum Gasteiger partial charge on any atom is 0.258 e. The highest BCUT2D eigenvalue weighted by Crippen LogP contribution is 2.28. The second kappa shape index (κ2) is 11.2. The second-order valence-corrected chi connectivity index (χ2v) is 9.26. The molecular formula is C21H24Cl2N6O3S. The number of thioether (sulfide) groups is 1. The zero-order chi connectivity index (χ0) is 23.2. The predicted octanol–water partition coefficient (Wildman–Crippen LogP) is 3.28. The predicted molar refractivity (Wildman–Crippen MR) is 130 cm³/mol. The Morgan fingerprint density at radius 2 is 2.09 bits per heavy atom. The maximum atomic E-state index is 12.2. The molecule has 1 N–H and O–H groups in total. The third-order valence-corrected chi connectivity index (χ3v) is 6.20. The van der Waals surface area contributed by atoms with Crippen molar-refractivity contribution in [3.63, 3.8) is 0 Å². The van der Waals surface area contributed by atoms with E-state index in [2.05, 4.69) is 22.2 Å². The van der Waals surface area contributed by atoms with E-state index in [1.54, 1.807) is 40.8 Å². The van der Waals surface area contributed by atoms with Crippen molar-refractivity contribution in [2.45, 2.75) is 18.6 Å². The second-order valence-electron chi connectivity index (χ2n) is 7.18. The minimum absolute atomic E-state index is 0.151. The van der Waals surface area contributed by atoms with Gasteiger partial charge >= 0.3 is 0 Å². The lowest BCUT2D eigenvalue weighted by Crippen LogP contribution is -2.37. The molecule has 12 heteroatoms. The summed E-state index contributed by atoms with van der Waals surface area (Å²) in [6, 6.07) is 4.85. The summed E-state index contributed by atoms with van der Waals surface area (Å²) in [4.78, 5) is 23.9. The van der Waals surface area contributed by atoms with Gasteiger partial charge in [0.2, 0.25) is 0 Å². The first kappa shape index (κ1) is 23.9. The van der Waals surface area contributed by atoms with Crippen LogP contribution in [0.3, 0.4) is 0 Å². The van der Waals surface area contributed by atoms with Gasteiger partial charge in [0, 0.05) is 24.7 Å². The van der Waals surface area contributed by atoms with Crippen LogP contribution in [0.25, 0.3) is 11.0 Å². The van der Waals surface area contributed by atoms with Crippen LogP contribution in [0.5, 0.6) is 5.75 Å². The summed E-state index contributed by atoms with van der Waals surface area (Å²) in [5.74, 6) is 1.89. The molecule has 0 atom stereocenters. The average molecular weight is 511 g/mol. The van der Waals surface area contributed by atoms with Crippen molar-refractivity contribution >= 4 is 57.7 Å². The monoisotopic (exact) mass is 510 g/mol. The van der Waals surface area contributed by atoms with E-state index < -0.39 is 0 Å². The molecule has 9 nitrogen and oxygen atoms in total. The van der Waals surface area contributed by atoms with Crippen molar-refractivity contribution in [1.82, 2.24) is 25.1 Å². The fourth-order valence-electron chi connectivity index (χ4n) is 3.38. The molecule has 2 aromatic heterocycles. The number of anilines is 1. The van der Waals surface area contributed by atoms with Gasteiger partial charge in [-0.25, -0.2) is 14.6 Å². The van der Waals surface area contributed by atoms with Gasteiger partial charge < -0.3 is 19.7 Å². The van der Waals surface area contributed by atoms with Crippen molar-refractivity contribution in [1.29, 1.82) is 0 Å². The third-order valence-electron chi connectivity index (χ3n) is 4.94. The van der Waals surface area contributed by atoms with Crippen LogP contribution < -0.4 is 15.0 Å². The molecule has 1 aromatic carbocycles. The molecule has 0 radical (unpaired) electrons. The number of morpholine rings is 1. The number of benzene rings is 1. The van der Waals surface area contributed by atoms with Crippen LogP contribution in [0.15, 0.2) is 29.6 Å². The van der Waals surface area contributed by atoms with Gasteiger partial charge in [0.25, 0.3) is 5.91 Å². The van der Waals surface area contributed by atoms with Gasteiger partial charge in [0.15, 0.2) is 17.4 Å². The lowest BCUT2D eigenvalue weighted by atomic mass is 10.3. The van der Waals surface area contributed by atoms with Crippen LogP contribution in [0.2, 0.25) is 10.0 Å². The Hall–Kier alpha value is -2.27. The Bertz CT molecular complexity index is 1120. The standard InChI is InChI=1S/C21H24Cl2N6O3S/c1-2-33-21-26-19(28-7-9-31-10-8-28)15-12-25-29(20(15)27-21)6-5-24-18(30)13-32-17-4-3-14(22)11-16(17)23/h3-4,11-12H,2,5-10,13H2,1H3,(H,24,30). The van der Waals surface area contributed by atoms with Crippen LogP contribution in [0.4, 0.5) is 5.82 Å². The largest absolute Gasteiger partial charge is 0.482 e. The fraction of sp³-hybridized carbons (Fsp3) is 0.429. The molecule has 0 unspecified atom stereocenters. The molecule has 33 heavy (non-hydrogen) atoms. The Morgan fingerprint density at radius 1 is 1.27 bits per heavy atom. The van der Waals surface area contributed by atoms with E-state index in [-0.39, 0.29) is 12.5 Å². The molecule has 1 aliphatic heterocycles. The lowest BCUT2D eigenvalue weighted by molar-refractivity contribution is -0.123. The fourth-order valence-corrected chi connectivity index (χ4v) is 4.41. The van der Waals surface area contributed by atoms with Crippen molar-refractivity contribution in [2.75, 3.05) is 50.1 Å². The SMILES string of the molecule is CCSc1nc(N2CCOCC2)c2cnn(CCNC(=O)COc3ccc(Cl)cc3Cl)c2n1. The van der Waals surface area contributed by atoms with E-state index in [0.29, 0.717) is 47.3 Å². The van der Waals surface area contributed by atoms with Gasteiger partial charge in [-0.15, -0.1) is 0 Å². The normalized spacial score (nSPS) is 14.0. The highest BCUT2D eigenvalue weighted by atomic mass is 35.5. The number of amides is 1. The molecule has 3 heterocycles. The molecule has 0 bridgehead atoms. The lowest BCUT2D eigenvalue weighted by Gasteiger charge is -2.28. The first-order valence-corrected chi connectivity index (χ1v) is 12.3. The number of ether oxygens (including phenoxy) is 2.